The van der Waals surface area contributed by atoms with Gasteiger partial charge in [-0.05, 0) is 12.1 Å². The zero-order chi connectivity index (χ0) is 13.2. The van der Waals surface area contributed by atoms with Gasteiger partial charge in [-0.15, -0.1) is 10.2 Å². The lowest BCUT2D eigenvalue weighted by Crippen LogP contribution is -2.32. The maximum absolute atomic E-state index is 11.9. The molecule has 2 N–H and O–H groups in total. The first-order valence-electron chi connectivity index (χ1n) is 6.07. The van der Waals surface area contributed by atoms with Crippen LogP contribution in [-0.4, -0.2) is 33.0 Å². The van der Waals surface area contributed by atoms with Gasteiger partial charge in [0.2, 0.25) is 11.8 Å². The Labute approximate surface area is 109 Å². The molecule has 7 heteroatoms. The Hall–Kier alpha value is -2.44. The summed E-state index contributed by atoms with van der Waals surface area (Å²) in [5.41, 5.74) is 0.740. The quantitative estimate of drug-likeness (QED) is 0.776. The van der Waals surface area contributed by atoms with E-state index in [1.807, 2.05) is 28.8 Å². The second-order valence-corrected chi connectivity index (χ2v) is 4.47. The van der Waals surface area contributed by atoms with Gasteiger partial charge >= 0.3 is 0 Å². The lowest BCUT2D eigenvalue weighted by molar-refractivity contribution is -0.126. The first-order valence-corrected chi connectivity index (χ1v) is 6.07. The van der Waals surface area contributed by atoms with Gasteiger partial charge in [-0.3, -0.25) is 14.0 Å². The number of pyridine rings is 1. The number of carbonyl (C=O) groups excluding carboxylic acids is 2. The molecule has 0 spiro atoms. The fourth-order valence-corrected chi connectivity index (χ4v) is 2.11. The second kappa shape index (κ2) is 4.68. The summed E-state index contributed by atoms with van der Waals surface area (Å²) in [6.45, 7) is 0.708. The molecule has 1 saturated heterocycles. The molecule has 19 heavy (non-hydrogen) atoms. The van der Waals surface area contributed by atoms with Crippen LogP contribution in [0.15, 0.2) is 24.4 Å². The van der Waals surface area contributed by atoms with Gasteiger partial charge in [0.05, 0.1) is 12.5 Å². The minimum Gasteiger partial charge on any atom is -0.355 e. The molecule has 3 rings (SSSR count). The van der Waals surface area contributed by atoms with Crippen molar-refractivity contribution in [3.63, 3.8) is 0 Å². The van der Waals surface area contributed by atoms with Crippen molar-refractivity contribution in [1.29, 1.82) is 0 Å². The van der Waals surface area contributed by atoms with Gasteiger partial charge in [0.15, 0.2) is 11.5 Å². The molecule has 0 saturated carbocycles. The number of fused-ring (bicyclic) bond motifs is 1. The smallest absolute Gasteiger partial charge is 0.225 e. The van der Waals surface area contributed by atoms with Crippen molar-refractivity contribution in [3.05, 3.63) is 30.2 Å². The van der Waals surface area contributed by atoms with E-state index in [0.717, 1.165) is 5.65 Å². The van der Waals surface area contributed by atoms with Gasteiger partial charge < -0.3 is 10.6 Å². The van der Waals surface area contributed by atoms with E-state index in [9.17, 15) is 9.59 Å². The van der Waals surface area contributed by atoms with E-state index in [2.05, 4.69) is 20.8 Å². The van der Waals surface area contributed by atoms with E-state index in [0.29, 0.717) is 18.9 Å². The minimum atomic E-state index is -0.285. The molecule has 1 aliphatic heterocycles. The molecule has 1 fully saturated rings. The zero-order valence-electron chi connectivity index (χ0n) is 10.2. The Balaban J connectivity index is 1.66. The Morgan fingerprint density at radius 1 is 1.47 bits per heavy atom. The van der Waals surface area contributed by atoms with Gasteiger partial charge in [-0.2, -0.15) is 0 Å². The summed E-state index contributed by atoms with van der Waals surface area (Å²) in [6.07, 6.45) is 2.10. The molecular weight excluding hydrogens is 246 g/mol. The number of hydrogen-bond donors (Lipinski definition) is 2. The molecule has 2 aromatic heterocycles. The van der Waals surface area contributed by atoms with Crippen LogP contribution in [0.4, 0.5) is 0 Å². The summed E-state index contributed by atoms with van der Waals surface area (Å²) in [4.78, 5) is 22.9. The molecule has 1 atom stereocenters. The Kier molecular flexibility index (Phi) is 2.86. The van der Waals surface area contributed by atoms with Crippen molar-refractivity contribution in [2.45, 2.75) is 13.0 Å². The molecule has 0 aliphatic carbocycles. The van der Waals surface area contributed by atoms with Crippen LogP contribution in [0.25, 0.3) is 5.65 Å². The van der Waals surface area contributed by atoms with E-state index in [1.54, 1.807) is 0 Å². The molecule has 1 aliphatic rings. The highest BCUT2D eigenvalue weighted by atomic mass is 16.2. The van der Waals surface area contributed by atoms with Crippen molar-refractivity contribution in [1.82, 2.24) is 25.2 Å². The van der Waals surface area contributed by atoms with E-state index < -0.39 is 0 Å². The summed E-state index contributed by atoms with van der Waals surface area (Å²) in [5, 5.41) is 13.5. The van der Waals surface area contributed by atoms with Crippen LogP contribution < -0.4 is 10.6 Å². The monoisotopic (exact) mass is 259 g/mol. The van der Waals surface area contributed by atoms with E-state index >= 15 is 0 Å². The van der Waals surface area contributed by atoms with Crippen molar-refractivity contribution in [2.75, 3.05) is 6.54 Å². The van der Waals surface area contributed by atoms with Crippen LogP contribution in [0.5, 0.6) is 0 Å². The van der Waals surface area contributed by atoms with Gasteiger partial charge in [0.1, 0.15) is 0 Å². The Bertz CT molecular complexity index is 636. The standard InChI is InChI=1S/C12H13N5O2/c18-11-5-8(6-13-11)12(19)14-7-10-16-15-9-3-1-2-4-17(9)10/h1-4,8H,5-7H2,(H,13,18)(H,14,19). The van der Waals surface area contributed by atoms with Gasteiger partial charge in [0.25, 0.3) is 0 Å². The molecule has 0 radical (unpaired) electrons. The van der Waals surface area contributed by atoms with Crippen LogP contribution in [0, 0.1) is 5.92 Å². The summed E-state index contributed by atoms with van der Waals surface area (Å²) < 4.78 is 1.82. The SMILES string of the molecule is O=C1CC(C(=O)NCc2nnc3ccccn23)CN1. The molecule has 98 valence electrons. The van der Waals surface area contributed by atoms with Crippen molar-refractivity contribution < 1.29 is 9.59 Å². The third-order valence-electron chi connectivity index (χ3n) is 3.15. The summed E-state index contributed by atoms with van der Waals surface area (Å²) in [7, 11) is 0. The highest BCUT2D eigenvalue weighted by Crippen LogP contribution is 2.09. The highest BCUT2D eigenvalue weighted by molar-refractivity contribution is 5.89. The number of nitrogens with zero attached hydrogens (tertiary/aromatic N) is 3. The lowest BCUT2D eigenvalue weighted by atomic mass is 10.1. The van der Waals surface area contributed by atoms with Crippen LogP contribution >= 0.6 is 0 Å². The minimum absolute atomic E-state index is 0.0759. The maximum Gasteiger partial charge on any atom is 0.225 e. The van der Waals surface area contributed by atoms with E-state index in [1.165, 1.54) is 0 Å². The molecule has 0 bridgehead atoms. The molecular formula is C12H13N5O2. The summed E-state index contributed by atoms with van der Waals surface area (Å²) >= 11 is 0. The number of hydrogen-bond acceptors (Lipinski definition) is 4. The van der Waals surface area contributed by atoms with Crippen molar-refractivity contribution >= 4 is 17.5 Å². The zero-order valence-corrected chi connectivity index (χ0v) is 10.2. The average molecular weight is 259 g/mol. The first-order chi connectivity index (χ1) is 9.24. The lowest BCUT2D eigenvalue weighted by Gasteiger charge is -2.07. The van der Waals surface area contributed by atoms with Crippen LogP contribution in [0.3, 0.4) is 0 Å². The third-order valence-corrected chi connectivity index (χ3v) is 3.15. The van der Waals surface area contributed by atoms with Crippen molar-refractivity contribution in [3.8, 4) is 0 Å². The molecule has 2 aromatic rings. The van der Waals surface area contributed by atoms with Crippen molar-refractivity contribution in [2.24, 2.45) is 5.92 Å². The normalized spacial score (nSPS) is 18.5. The summed E-state index contributed by atoms with van der Waals surface area (Å²) in [6, 6.07) is 5.60. The van der Waals surface area contributed by atoms with Crippen LogP contribution in [-0.2, 0) is 16.1 Å². The number of amides is 2. The maximum atomic E-state index is 11.9. The third kappa shape index (κ3) is 2.26. The molecule has 2 amide bonds. The first kappa shape index (κ1) is 11.6. The second-order valence-electron chi connectivity index (χ2n) is 4.47. The average Bonchev–Trinajstić information content (AvgIpc) is 3.02. The molecule has 0 aromatic carbocycles. The molecule has 7 nitrogen and oxygen atoms in total. The Morgan fingerprint density at radius 2 is 2.37 bits per heavy atom. The predicted molar refractivity (Wildman–Crippen MR) is 66.0 cm³/mol. The highest BCUT2D eigenvalue weighted by Gasteiger charge is 2.27. The van der Waals surface area contributed by atoms with Crippen LogP contribution in [0.2, 0.25) is 0 Å². The number of carbonyl (C=O) groups is 2. The van der Waals surface area contributed by atoms with Gasteiger partial charge in [-0.1, -0.05) is 6.07 Å². The van der Waals surface area contributed by atoms with Gasteiger partial charge in [0, 0.05) is 19.2 Å². The fraction of sp³-hybridized carbons (Fsp3) is 0.333. The fourth-order valence-electron chi connectivity index (χ4n) is 2.11. The van der Waals surface area contributed by atoms with E-state index in [-0.39, 0.29) is 24.2 Å². The number of nitrogens with one attached hydrogen (secondary N) is 2. The molecule has 3 heterocycles. The number of rotatable bonds is 3. The number of aromatic nitrogens is 3. The summed E-state index contributed by atoms with van der Waals surface area (Å²) in [5.74, 6) is 0.173. The largest absolute Gasteiger partial charge is 0.355 e. The van der Waals surface area contributed by atoms with Gasteiger partial charge in [-0.25, -0.2) is 0 Å². The topological polar surface area (TPSA) is 88.4 Å². The molecule has 1 unspecified atom stereocenters. The van der Waals surface area contributed by atoms with Crippen LogP contribution in [0.1, 0.15) is 12.2 Å². The predicted octanol–water partition coefficient (Wildman–Crippen LogP) is -0.518. The Morgan fingerprint density at radius 3 is 3.16 bits per heavy atom. The van der Waals surface area contributed by atoms with E-state index in [4.69, 9.17) is 0 Å².